The fourth-order valence-corrected chi connectivity index (χ4v) is 1.95. The van der Waals surface area contributed by atoms with E-state index in [4.69, 9.17) is 9.84 Å². The summed E-state index contributed by atoms with van der Waals surface area (Å²) >= 11 is 0. The van der Waals surface area contributed by atoms with Crippen molar-refractivity contribution in [2.45, 2.75) is 26.7 Å². The molecule has 1 rings (SSSR count). The average molecular weight is 265 g/mol. The van der Waals surface area contributed by atoms with Crippen molar-refractivity contribution in [2.24, 2.45) is 0 Å². The van der Waals surface area contributed by atoms with Gasteiger partial charge in [0, 0.05) is 6.54 Å². The summed E-state index contributed by atoms with van der Waals surface area (Å²) in [7, 11) is 0. The molecule has 0 unspecified atom stereocenters. The highest BCUT2D eigenvalue weighted by Gasteiger charge is 2.04. The Morgan fingerprint density at radius 3 is 2.16 bits per heavy atom. The first-order valence-corrected chi connectivity index (χ1v) is 6.85. The summed E-state index contributed by atoms with van der Waals surface area (Å²) in [5.41, 5.74) is 0.283. The van der Waals surface area contributed by atoms with Crippen molar-refractivity contribution >= 4 is 5.97 Å². The first kappa shape index (κ1) is 15.5. The van der Waals surface area contributed by atoms with Crippen LogP contribution in [0.4, 0.5) is 0 Å². The van der Waals surface area contributed by atoms with E-state index in [0.717, 1.165) is 38.2 Å². The Labute approximate surface area is 115 Å². The predicted molar refractivity (Wildman–Crippen MR) is 75.9 cm³/mol. The minimum absolute atomic E-state index is 0.283. The third-order valence-corrected chi connectivity index (χ3v) is 2.86. The number of carbonyl (C=O) groups is 1. The highest BCUT2D eigenvalue weighted by molar-refractivity contribution is 5.87. The molecule has 0 aliphatic heterocycles. The quantitative estimate of drug-likeness (QED) is 0.746. The van der Waals surface area contributed by atoms with Crippen LogP contribution in [-0.2, 0) is 0 Å². The summed E-state index contributed by atoms with van der Waals surface area (Å²) in [5.74, 6) is -0.193. The maximum atomic E-state index is 10.7. The molecule has 0 saturated heterocycles. The molecule has 0 heterocycles. The second-order valence-electron chi connectivity index (χ2n) is 4.52. The third kappa shape index (κ3) is 5.75. The maximum Gasteiger partial charge on any atom is 0.335 e. The van der Waals surface area contributed by atoms with Crippen molar-refractivity contribution < 1.29 is 14.6 Å². The highest BCUT2D eigenvalue weighted by Crippen LogP contribution is 2.12. The lowest BCUT2D eigenvalue weighted by Crippen LogP contribution is -2.30. The summed E-state index contributed by atoms with van der Waals surface area (Å²) in [4.78, 5) is 13.1. The molecule has 0 aliphatic rings. The summed E-state index contributed by atoms with van der Waals surface area (Å²) in [6.45, 7) is 8.07. The Morgan fingerprint density at radius 1 is 1.11 bits per heavy atom. The molecule has 0 amide bonds. The average Bonchev–Trinajstić information content (AvgIpc) is 2.40. The Balaban J connectivity index is 2.37. The van der Waals surface area contributed by atoms with E-state index in [1.54, 1.807) is 24.3 Å². The first-order chi connectivity index (χ1) is 9.17. The number of aromatic carboxylic acids is 1. The van der Waals surface area contributed by atoms with Gasteiger partial charge in [0.15, 0.2) is 0 Å². The van der Waals surface area contributed by atoms with Crippen molar-refractivity contribution in [3.8, 4) is 5.75 Å². The summed E-state index contributed by atoms with van der Waals surface area (Å²) in [6.07, 6.45) is 2.29. The van der Waals surface area contributed by atoms with Crippen molar-refractivity contribution in [3.63, 3.8) is 0 Å². The van der Waals surface area contributed by atoms with Crippen LogP contribution in [0.25, 0.3) is 0 Å². The Kier molecular flexibility index (Phi) is 6.97. The van der Waals surface area contributed by atoms with E-state index < -0.39 is 5.97 Å². The molecule has 0 fully saturated rings. The molecule has 0 spiro atoms. The molecule has 0 bridgehead atoms. The zero-order valence-electron chi connectivity index (χ0n) is 11.8. The zero-order valence-corrected chi connectivity index (χ0v) is 11.8. The van der Waals surface area contributed by atoms with E-state index in [1.807, 2.05) is 0 Å². The van der Waals surface area contributed by atoms with Gasteiger partial charge in [-0.1, -0.05) is 13.8 Å². The molecular formula is C15H23NO3. The normalized spacial score (nSPS) is 10.7. The molecule has 19 heavy (non-hydrogen) atoms. The van der Waals surface area contributed by atoms with Gasteiger partial charge < -0.3 is 9.84 Å². The zero-order chi connectivity index (χ0) is 14.1. The van der Waals surface area contributed by atoms with Gasteiger partial charge in [-0.15, -0.1) is 0 Å². The fraction of sp³-hybridized carbons (Fsp3) is 0.533. The van der Waals surface area contributed by atoms with Gasteiger partial charge in [-0.2, -0.15) is 0 Å². The number of ether oxygens (including phenoxy) is 1. The van der Waals surface area contributed by atoms with E-state index >= 15 is 0 Å². The molecule has 0 aromatic heterocycles. The predicted octanol–water partition coefficient (Wildman–Crippen LogP) is 2.89. The topological polar surface area (TPSA) is 49.8 Å². The van der Waals surface area contributed by atoms with Crippen molar-refractivity contribution in [1.29, 1.82) is 0 Å². The summed E-state index contributed by atoms with van der Waals surface area (Å²) < 4.78 is 5.63. The number of benzene rings is 1. The van der Waals surface area contributed by atoms with Gasteiger partial charge in [-0.3, -0.25) is 4.90 Å². The number of carboxylic acids is 1. The van der Waals surface area contributed by atoms with Crippen LogP contribution >= 0.6 is 0 Å². The first-order valence-electron chi connectivity index (χ1n) is 6.85. The molecule has 1 aromatic carbocycles. The molecule has 0 atom stereocenters. The largest absolute Gasteiger partial charge is 0.492 e. The number of hydrogen-bond acceptors (Lipinski definition) is 3. The molecule has 0 radical (unpaired) electrons. The molecule has 1 N–H and O–H groups in total. The van der Waals surface area contributed by atoms with Gasteiger partial charge in [-0.05, 0) is 50.2 Å². The van der Waals surface area contributed by atoms with Crippen LogP contribution in [0.2, 0.25) is 0 Å². The van der Waals surface area contributed by atoms with Crippen molar-refractivity contribution in [3.05, 3.63) is 29.8 Å². The van der Waals surface area contributed by atoms with E-state index in [0.29, 0.717) is 6.61 Å². The molecule has 106 valence electrons. The summed E-state index contributed by atoms with van der Waals surface area (Å²) in [5, 5.41) is 8.80. The van der Waals surface area contributed by atoms with E-state index in [1.165, 1.54) is 0 Å². The van der Waals surface area contributed by atoms with Gasteiger partial charge in [0.25, 0.3) is 0 Å². The molecular weight excluding hydrogens is 242 g/mol. The maximum absolute atomic E-state index is 10.7. The number of nitrogens with zero attached hydrogens (tertiary/aromatic N) is 1. The molecule has 4 heteroatoms. The summed E-state index contributed by atoms with van der Waals surface area (Å²) in [6, 6.07) is 6.53. The smallest absolute Gasteiger partial charge is 0.335 e. The Hall–Kier alpha value is -1.55. The van der Waals surface area contributed by atoms with Crippen molar-refractivity contribution in [1.82, 2.24) is 4.90 Å². The lowest BCUT2D eigenvalue weighted by Gasteiger charge is -2.20. The Morgan fingerprint density at radius 2 is 1.68 bits per heavy atom. The SMILES string of the molecule is CCCN(CCC)CCOc1ccc(C(=O)O)cc1. The van der Waals surface area contributed by atoms with Crippen LogP contribution < -0.4 is 4.74 Å². The van der Waals surface area contributed by atoms with Crippen LogP contribution in [0.3, 0.4) is 0 Å². The second kappa shape index (κ2) is 8.53. The molecule has 0 saturated carbocycles. The Bertz CT molecular complexity index is 369. The molecule has 0 aliphatic carbocycles. The number of hydrogen-bond donors (Lipinski definition) is 1. The van der Waals surface area contributed by atoms with E-state index in [9.17, 15) is 4.79 Å². The van der Waals surface area contributed by atoms with Gasteiger partial charge in [0.1, 0.15) is 12.4 Å². The highest BCUT2D eigenvalue weighted by atomic mass is 16.5. The standard InChI is InChI=1S/C15H23NO3/c1-3-9-16(10-4-2)11-12-19-14-7-5-13(6-8-14)15(17)18/h5-8H,3-4,9-12H2,1-2H3,(H,17,18). The number of carboxylic acid groups (broad SMARTS) is 1. The van der Waals surface area contributed by atoms with Crippen LogP contribution in [0.1, 0.15) is 37.0 Å². The van der Waals surface area contributed by atoms with Gasteiger partial charge in [0.05, 0.1) is 5.56 Å². The lowest BCUT2D eigenvalue weighted by atomic mass is 10.2. The van der Waals surface area contributed by atoms with Gasteiger partial charge in [-0.25, -0.2) is 4.79 Å². The van der Waals surface area contributed by atoms with Crippen LogP contribution in [-0.4, -0.2) is 42.2 Å². The minimum atomic E-state index is -0.913. The number of rotatable bonds is 9. The molecule has 4 nitrogen and oxygen atoms in total. The molecule has 1 aromatic rings. The van der Waals surface area contributed by atoms with Gasteiger partial charge in [0.2, 0.25) is 0 Å². The fourth-order valence-electron chi connectivity index (χ4n) is 1.95. The van der Waals surface area contributed by atoms with Gasteiger partial charge >= 0.3 is 5.97 Å². The van der Waals surface area contributed by atoms with Crippen LogP contribution in [0.5, 0.6) is 5.75 Å². The van der Waals surface area contributed by atoms with Crippen LogP contribution in [0, 0.1) is 0 Å². The lowest BCUT2D eigenvalue weighted by molar-refractivity contribution is 0.0697. The monoisotopic (exact) mass is 265 g/mol. The van der Waals surface area contributed by atoms with E-state index in [2.05, 4.69) is 18.7 Å². The second-order valence-corrected chi connectivity index (χ2v) is 4.52. The van der Waals surface area contributed by atoms with Crippen molar-refractivity contribution in [2.75, 3.05) is 26.2 Å². The van der Waals surface area contributed by atoms with E-state index in [-0.39, 0.29) is 5.56 Å². The minimum Gasteiger partial charge on any atom is -0.492 e. The third-order valence-electron chi connectivity index (χ3n) is 2.86. The van der Waals surface area contributed by atoms with Crippen LogP contribution in [0.15, 0.2) is 24.3 Å².